The van der Waals surface area contributed by atoms with Crippen LogP contribution >= 0.6 is 0 Å². The fourth-order valence-electron chi connectivity index (χ4n) is 1.84. The second kappa shape index (κ2) is 6.33. The Kier molecular flexibility index (Phi) is 4.52. The van der Waals surface area contributed by atoms with Crippen molar-refractivity contribution in [3.05, 3.63) is 35.9 Å². The van der Waals surface area contributed by atoms with Gasteiger partial charge in [-0.05, 0) is 32.4 Å². The third-order valence-corrected chi connectivity index (χ3v) is 2.81. The van der Waals surface area contributed by atoms with Crippen LogP contribution in [0.4, 0.5) is 5.95 Å². The van der Waals surface area contributed by atoms with Crippen LogP contribution in [0.5, 0.6) is 0 Å². The minimum Gasteiger partial charge on any atom is -0.385 e. The van der Waals surface area contributed by atoms with Crippen molar-refractivity contribution in [1.29, 1.82) is 0 Å². The zero-order valence-electron chi connectivity index (χ0n) is 11.7. The zero-order chi connectivity index (χ0) is 13.7. The highest BCUT2D eigenvalue weighted by atomic mass is 16.5. The Hall–Kier alpha value is -1.88. The lowest BCUT2D eigenvalue weighted by atomic mass is 10.3. The Morgan fingerprint density at radius 3 is 2.79 bits per heavy atom. The van der Waals surface area contributed by atoms with E-state index in [2.05, 4.69) is 15.3 Å². The van der Waals surface area contributed by atoms with E-state index in [0.717, 1.165) is 42.6 Å². The van der Waals surface area contributed by atoms with Crippen LogP contribution < -0.4 is 5.32 Å². The summed E-state index contributed by atoms with van der Waals surface area (Å²) in [5.74, 6) is 0.847. The first-order valence-corrected chi connectivity index (χ1v) is 6.42. The number of imidazole rings is 1. The maximum absolute atomic E-state index is 5.04. The Morgan fingerprint density at radius 2 is 2.11 bits per heavy atom. The minimum atomic E-state index is 0.749. The SMILES string of the molecule is COCCCNc1nc(C)cn1-c1ccc(C)nc1. The number of aromatic nitrogens is 3. The lowest BCUT2D eigenvalue weighted by molar-refractivity contribution is 0.197. The van der Waals surface area contributed by atoms with E-state index in [1.807, 2.05) is 42.9 Å². The van der Waals surface area contributed by atoms with Crippen molar-refractivity contribution in [3.63, 3.8) is 0 Å². The van der Waals surface area contributed by atoms with Gasteiger partial charge in [-0.3, -0.25) is 9.55 Å². The topological polar surface area (TPSA) is 52.0 Å². The molecule has 1 N–H and O–H groups in total. The molecule has 2 aromatic rings. The second-order valence-electron chi connectivity index (χ2n) is 4.51. The van der Waals surface area contributed by atoms with Crippen LogP contribution in [0.25, 0.3) is 5.69 Å². The van der Waals surface area contributed by atoms with Crippen molar-refractivity contribution in [2.45, 2.75) is 20.3 Å². The predicted molar refractivity (Wildman–Crippen MR) is 75.8 cm³/mol. The molecule has 0 aliphatic heterocycles. The van der Waals surface area contributed by atoms with E-state index >= 15 is 0 Å². The van der Waals surface area contributed by atoms with Gasteiger partial charge in [0.1, 0.15) is 0 Å². The lowest BCUT2D eigenvalue weighted by Crippen LogP contribution is -2.09. The van der Waals surface area contributed by atoms with Gasteiger partial charge in [-0.1, -0.05) is 0 Å². The number of pyridine rings is 1. The molecule has 19 heavy (non-hydrogen) atoms. The van der Waals surface area contributed by atoms with Crippen LogP contribution in [-0.4, -0.2) is 34.8 Å². The summed E-state index contributed by atoms with van der Waals surface area (Å²) in [4.78, 5) is 8.81. The number of ether oxygens (including phenoxy) is 1. The summed E-state index contributed by atoms with van der Waals surface area (Å²) >= 11 is 0. The van der Waals surface area contributed by atoms with E-state index < -0.39 is 0 Å². The number of hydrogen-bond acceptors (Lipinski definition) is 4. The van der Waals surface area contributed by atoms with E-state index in [0.29, 0.717) is 0 Å². The molecule has 5 heteroatoms. The Balaban J connectivity index is 2.13. The fourth-order valence-corrected chi connectivity index (χ4v) is 1.84. The molecule has 0 unspecified atom stereocenters. The molecule has 0 radical (unpaired) electrons. The number of rotatable bonds is 6. The van der Waals surface area contributed by atoms with E-state index in [-0.39, 0.29) is 0 Å². The average molecular weight is 260 g/mol. The molecule has 0 aliphatic carbocycles. The van der Waals surface area contributed by atoms with Gasteiger partial charge in [-0.2, -0.15) is 0 Å². The number of nitrogens with zero attached hydrogens (tertiary/aromatic N) is 3. The quantitative estimate of drug-likeness (QED) is 0.810. The van der Waals surface area contributed by atoms with Crippen LogP contribution in [0.1, 0.15) is 17.8 Å². The van der Waals surface area contributed by atoms with Crippen molar-refractivity contribution in [3.8, 4) is 5.69 Å². The molecule has 2 heterocycles. The summed E-state index contributed by atoms with van der Waals surface area (Å²) < 4.78 is 7.06. The summed E-state index contributed by atoms with van der Waals surface area (Å²) in [6.07, 6.45) is 4.82. The number of anilines is 1. The molecule has 102 valence electrons. The molecule has 2 rings (SSSR count). The summed E-state index contributed by atoms with van der Waals surface area (Å²) in [5, 5.41) is 3.33. The van der Waals surface area contributed by atoms with Gasteiger partial charge >= 0.3 is 0 Å². The maximum Gasteiger partial charge on any atom is 0.207 e. The molecule has 0 aromatic carbocycles. The van der Waals surface area contributed by atoms with Crippen molar-refractivity contribution < 1.29 is 4.74 Å². The third-order valence-electron chi connectivity index (χ3n) is 2.81. The van der Waals surface area contributed by atoms with Gasteiger partial charge in [0.05, 0.1) is 17.6 Å². The van der Waals surface area contributed by atoms with Gasteiger partial charge in [0.25, 0.3) is 0 Å². The summed E-state index contributed by atoms with van der Waals surface area (Å²) in [6, 6.07) is 4.04. The molecular weight excluding hydrogens is 240 g/mol. The average Bonchev–Trinajstić information content (AvgIpc) is 2.77. The molecule has 0 bridgehead atoms. The first kappa shape index (κ1) is 13.5. The molecule has 0 spiro atoms. The maximum atomic E-state index is 5.04. The summed E-state index contributed by atoms with van der Waals surface area (Å²) in [5.41, 5.74) is 3.01. The largest absolute Gasteiger partial charge is 0.385 e. The third kappa shape index (κ3) is 3.54. The Labute approximate surface area is 113 Å². The van der Waals surface area contributed by atoms with Crippen LogP contribution in [0, 0.1) is 13.8 Å². The molecule has 0 saturated carbocycles. The predicted octanol–water partition coefficient (Wildman–Crippen LogP) is 2.33. The van der Waals surface area contributed by atoms with Crippen LogP contribution in [-0.2, 0) is 4.74 Å². The number of nitrogens with one attached hydrogen (secondary N) is 1. The molecule has 0 aliphatic rings. The molecule has 5 nitrogen and oxygen atoms in total. The molecule has 0 saturated heterocycles. The van der Waals surface area contributed by atoms with Gasteiger partial charge in [-0.15, -0.1) is 0 Å². The van der Waals surface area contributed by atoms with E-state index in [9.17, 15) is 0 Å². The second-order valence-corrected chi connectivity index (χ2v) is 4.51. The van der Waals surface area contributed by atoms with Gasteiger partial charge in [0.15, 0.2) is 0 Å². The number of methoxy groups -OCH3 is 1. The highest BCUT2D eigenvalue weighted by Crippen LogP contribution is 2.16. The van der Waals surface area contributed by atoms with Crippen LogP contribution in [0.3, 0.4) is 0 Å². The van der Waals surface area contributed by atoms with Gasteiger partial charge in [0, 0.05) is 32.2 Å². The molecule has 0 fully saturated rings. The van der Waals surface area contributed by atoms with Crippen molar-refractivity contribution in [2.24, 2.45) is 0 Å². The normalized spacial score (nSPS) is 10.7. The molecule has 0 amide bonds. The molecular formula is C14H20N4O. The molecule has 2 aromatic heterocycles. The van der Waals surface area contributed by atoms with Gasteiger partial charge in [0.2, 0.25) is 5.95 Å². The first-order valence-electron chi connectivity index (χ1n) is 6.42. The highest BCUT2D eigenvalue weighted by molar-refractivity contribution is 5.42. The number of aryl methyl sites for hydroxylation is 2. The van der Waals surface area contributed by atoms with Crippen molar-refractivity contribution >= 4 is 5.95 Å². The minimum absolute atomic E-state index is 0.749. The van der Waals surface area contributed by atoms with Crippen molar-refractivity contribution in [1.82, 2.24) is 14.5 Å². The summed E-state index contributed by atoms with van der Waals surface area (Å²) in [7, 11) is 1.71. The summed E-state index contributed by atoms with van der Waals surface area (Å²) in [6.45, 7) is 5.55. The first-order chi connectivity index (χ1) is 9.20. The standard InChI is InChI=1S/C14H20N4O/c1-11-5-6-13(9-16-11)18-10-12(2)17-14(18)15-7-4-8-19-3/h5-6,9-10H,4,7-8H2,1-3H3,(H,15,17). The van der Waals surface area contributed by atoms with Gasteiger partial charge < -0.3 is 10.1 Å². The fraction of sp³-hybridized carbons (Fsp3) is 0.429. The molecule has 0 atom stereocenters. The van der Waals surface area contributed by atoms with E-state index in [1.54, 1.807) is 7.11 Å². The van der Waals surface area contributed by atoms with Crippen LogP contribution in [0.2, 0.25) is 0 Å². The zero-order valence-corrected chi connectivity index (χ0v) is 11.7. The van der Waals surface area contributed by atoms with Crippen LogP contribution in [0.15, 0.2) is 24.5 Å². The van der Waals surface area contributed by atoms with Gasteiger partial charge in [-0.25, -0.2) is 4.98 Å². The highest BCUT2D eigenvalue weighted by Gasteiger charge is 2.07. The smallest absolute Gasteiger partial charge is 0.207 e. The van der Waals surface area contributed by atoms with Crippen molar-refractivity contribution in [2.75, 3.05) is 25.6 Å². The lowest BCUT2D eigenvalue weighted by Gasteiger charge is -2.09. The Morgan fingerprint density at radius 1 is 1.26 bits per heavy atom. The van der Waals surface area contributed by atoms with E-state index in [1.165, 1.54) is 0 Å². The number of hydrogen-bond donors (Lipinski definition) is 1. The monoisotopic (exact) mass is 260 g/mol. The Bertz CT molecular complexity index is 519. The van der Waals surface area contributed by atoms with E-state index in [4.69, 9.17) is 4.74 Å².